The highest BCUT2D eigenvalue weighted by atomic mass is 32.2. The Morgan fingerprint density at radius 3 is 2.50 bits per heavy atom. The van der Waals surface area contributed by atoms with Crippen LogP contribution < -0.4 is 15.0 Å². The number of fused-ring (bicyclic) bond motifs is 1. The first kappa shape index (κ1) is 33.2. The Labute approximate surface area is 276 Å². The molecule has 3 aromatic carbocycles. The van der Waals surface area contributed by atoms with Gasteiger partial charge in [-0.1, -0.05) is 45.4 Å². The number of benzene rings is 3. The molecule has 0 aliphatic carbocycles. The Kier molecular flexibility index (Phi) is 11.9. The fourth-order valence-corrected chi connectivity index (χ4v) is 6.13. The smallest absolute Gasteiger partial charge is 0.251 e. The summed E-state index contributed by atoms with van der Waals surface area (Å²) < 4.78 is 13.1. The number of hydrogen-bond acceptors (Lipinski definition) is 8. The molecule has 0 saturated carbocycles. The third-order valence-electron chi connectivity index (χ3n) is 7.74. The molecule has 0 fully saturated rings. The van der Waals surface area contributed by atoms with Crippen molar-refractivity contribution in [3.05, 3.63) is 83.7 Å². The van der Waals surface area contributed by atoms with Crippen LogP contribution in [0.15, 0.2) is 77.2 Å². The highest BCUT2D eigenvalue weighted by Crippen LogP contribution is 2.34. The van der Waals surface area contributed by atoms with E-state index in [2.05, 4.69) is 82.9 Å². The van der Waals surface area contributed by atoms with E-state index in [1.165, 1.54) is 0 Å². The minimum atomic E-state index is -0.0755. The third kappa shape index (κ3) is 9.20. The number of tetrazole rings is 1. The van der Waals surface area contributed by atoms with Gasteiger partial charge in [0, 0.05) is 48.6 Å². The summed E-state index contributed by atoms with van der Waals surface area (Å²) in [6.45, 7) is 10.2. The van der Waals surface area contributed by atoms with Gasteiger partial charge in [0.2, 0.25) is 0 Å². The first-order valence-corrected chi connectivity index (χ1v) is 17.0. The molecule has 2 heterocycles. The number of rotatable bonds is 15. The Bertz CT molecular complexity index is 1600. The van der Waals surface area contributed by atoms with Gasteiger partial charge in [-0.05, 0) is 100 Å². The average molecular weight is 641 g/mol. The van der Waals surface area contributed by atoms with Crippen LogP contribution in [0.3, 0.4) is 0 Å². The van der Waals surface area contributed by atoms with Gasteiger partial charge in [0.05, 0.1) is 12.4 Å². The van der Waals surface area contributed by atoms with Crippen molar-refractivity contribution in [2.24, 2.45) is 13.0 Å². The molecule has 0 radical (unpaired) electrons. The predicted molar refractivity (Wildman–Crippen MR) is 186 cm³/mol. The van der Waals surface area contributed by atoms with E-state index in [1.807, 2.05) is 43.4 Å². The zero-order valence-corrected chi connectivity index (χ0v) is 28.1. The Morgan fingerprint density at radius 2 is 1.78 bits per heavy atom. The number of thioether (sulfide) groups is 1. The highest BCUT2D eigenvalue weighted by Gasteiger charge is 2.21. The summed E-state index contributed by atoms with van der Waals surface area (Å²) in [6, 6.07) is 22.6. The van der Waals surface area contributed by atoms with Crippen LogP contribution >= 0.6 is 11.8 Å². The molecule has 0 saturated heterocycles. The van der Waals surface area contributed by atoms with Crippen molar-refractivity contribution in [2.75, 3.05) is 43.1 Å². The molecular weight excluding hydrogens is 597 g/mol. The minimum Gasteiger partial charge on any atom is -0.491 e. The summed E-state index contributed by atoms with van der Waals surface area (Å²) in [7, 11) is 1.83. The van der Waals surface area contributed by atoms with E-state index in [-0.39, 0.29) is 5.91 Å². The molecule has 1 N–H and O–H groups in total. The van der Waals surface area contributed by atoms with Gasteiger partial charge >= 0.3 is 0 Å². The zero-order chi connectivity index (χ0) is 32.3. The molecule has 0 unspecified atom stereocenters. The molecule has 242 valence electrons. The summed E-state index contributed by atoms with van der Waals surface area (Å²) >= 11 is 1.65. The second-order valence-electron chi connectivity index (χ2n) is 11.9. The number of carbonyl (C=O) groups is 1. The van der Waals surface area contributed by atoms with Gasteiger partial charge in [-0.25, -0.2) is 4.68 Å². The molecule has 1 aromatic heterocycles. The fraction of sp³-hybridized carbons (Fsp3) is 0.389. The Morgan fingerprint density at radius 1 is 1.00 bits per heavy atom. The number of nitrogens with one attached hydrogen (secondary N) is 1. The van der Waals surface area contributed by atoms with Crippen LogP contribution in [0.25, 0.3) is 17.2 Å². The van der Waals surface area contributed by atoms with Crippen molar-refractivity contribution in [3.63, 3.8) is 0 Å². The lowest BCUT2D eigenvalue weighted by molar-refractivity contribution is -0.112. The summed E-state index contributed by atoms with van der Waals surface area (Å²) in [5.74, 6) is 2.72. The quantitative estimate of drug-likeness (QED) is 0.107. The number of hydrogen-bond donors (Lipinski definition) is 1. The molecule has 10 heteroatoms. The van der Waals surface area contributed by atoms with Crippen molar-refractivity contribution in [1.82, 2.24) is 20.2 Å². The van der Waals surface area contributed by atoms with E-state index >= 15 is 0 Å². The van der Waals surface area contributed by atoms with Crippen LogP contribution in [0, 0.1) is 5.92 Å². The molecule has 1 aliphatic rings. The number of carbonyl (C=O) groups excluding carboxylic acids is 1. The van der Waals surface area contributed by atoms with Crippen LogP contribution in [-0.2, 0) is 22.3 Å². The number of amides is 1. The molecule has 5 rings (SSSR count). The predicted octanol–water partition coefficient (Wildman–Crippen LogP) is 7.25. The molecule has 1 aliphatic heterocycles. The van der Waals surface area contributed by atoms with Gasteiger partial charge in [0.15, 0.2) is 5.82 Å². The van der Waals surface area contributed by atoms with E-state index in [1.54, 1.807) is 16.4 Å². The second-order valence-corrected chi connectivity index (χ2v) is 12.9. The summed E-state index contributed by atoms with van der Waals surface area (Å²) in [5.41, 5.74) is 5.94. The van der Waals surface area contributed by atoms with E-state index < -0.39 is 0 Å². The zero-order valence-electron chi connectivity index (χ0n) is 27.2. The maximum atomic E-state index is 13.6. The van der Waals surface area contributed by atoms with Gasteiger partial charge in [-0.3, -0.25) is 4.79 Å². The Balaban J connectivity index is 1.27. The largest absolute Gasteiger partial charge is 0.491 e. The van der Waals surface area contributed by atoms with Crippen molar-refractivity contribution in [2.45, 2.75) is 50.7 Å². The van der Waals surface area contributed by atoms with E-state index in [9.17, 15) is 4.79 Å². The van der Waals surface area contributed by atoms with Crippen LogP contribution in [0.2, 0.25) is 0 Å². The number of aryl methyl sites for hydroxylation is 1. The first-order valence-electron chi connectivity index (χ1n) is 16.1. The summed E-state index contributed by atoms with van der Waals surface area (Å²) in [6.07, 6.45) is 4.93. The summed E-state index contributed by atoms with van der Waals surface area (Å²) in [5, 5.41) is 14.7. The van der Waals surface area contributed by atoms with Crippen LogP contribution in [-0.4, -0.2) is 59.0 Å². The van der Waals surface area contributed by atoms with Crippen molar-refractivity contribution in [3.8, 4) is 16.9 Å². The standard InChI is InChI=1S/C36H44N6O3S/c1-5-6-19-44-20-21-45-32-12-7-27(8-13-32)28-9-16-34-30(22-28)23-29(17-18-42(34)24-26(2)3)36(43)37-31-10-14-33(15-11-31)46-25-35-38-39-40-41(35)4/h7-16,22-23,26H,5-6,17-21,24-25H2,1-4H3,(H,37,43). The number of nitrogens with zero attached hydrogens (tertiary/aromatic N) is 5. The van der Waals surface area contributed by atoms with Gasteiger partial charge in [-0.2, -0.15) is 0 Å². The SMILES string of the molecule is CCCCOCCOc1ccc(-c2ccc3c(c2)C=C(C(=O)Nc2ccc(SCc4nnnn4C)cc2)CCN3CC(C)C)cc1. The molecule has 0 spiro atoms. The lowest BCUT2D eigenvalue weighted by Gasteiger charge is -2.27. The molecule has 0 atom stereocenters. The van der Waals surface area contributed by atoms with Gasteiger partial charge in [-0.15, -0.1) is 16.9 Å². The van der Waals surface area contributed by atoms with Crippen molar-refractivity contribution < 1.29 is 14.3 Å². The fourth-order valence-electron chi connectivity index (χ4n) is 5.26. The molecule has 9 nitrogen and oxygen atoms in total. The number of unbranched alkanes of at least 4 members (excludes halogenated alkanes) is 1. The van der Waals surface area contributed by atoms with Crippen LogP contribution in [0.5, 0.6) is 5.75 Å². The number of aromatic nitrogens is 4. The molecule has 0 bridgehead atoms. The second kappa shape index (κ2) is 16.4. The minimum absolute atomic E-state index is 0.0755. The van der Waals surface area contributed by atoms with Gasteiger partial charge in [0.1, 0.15) is 12.4 Å². The third-order valence-corrected chi connectivity index (χ3v) is 8.75. The number of ether oxygens (including phenoxy) is 2. The van der Waals surface area contributed by atoms with Crippen LogP contribution in [0.4, 0.5) is 11.4 Å². The monoisotopic (exact) mass is 640 g/mol. The summed E-state index contributed by atoms with van der Waals surface area (Å²) in [4.78, 5) is 17.0. The lowest BCUT2D eigenvalue weighted by atomic mass is 10.00. The number of anilines is 2. The Hall–Kier alpha value is -4.15. The first-order chi connectivity index (χ1) is 22.4. The average Bonchev–Trinajstić information content (AvgIpc) is 3.38. The maximum absolute atomic E-state index is 13.6. The van der Waals surface area contributed by atoms with Gasteiger partial charge in [0.25, 0.3) is 5.91 Å². The van der Waals surface area contributed by atoms with E-state index in [0.29, 0.717) is 31.3 Å². The van der Waals surface area contributed by atoms with E-state index in [0.717, 1.165) is 82.6 Å². The normalized spacial score (nSPS) is 12.9. The van der Waals surface area contributed by atoms with E-state index in [4.69, 9.17) is 9.47 Å². The van der Waals surface area contributed by atoms with Gasteiger partial charge < -0.3 is 19.7 Å². The topological polar surface area (TPSA) is 94.4 Å². The molecular formula is C36H44N6O3S. The highest BCUT2D eigenvalue weighted by molar-refractivity contribution is 7.98. The molecule has 46 heavy (non-hydrogen) atoms. The van der Waals surface area contributed by atoms with Crippen molar-refractivity contribution >= 4 is 35.1 Å². The molecule has 1 amide bonds. The lowest BCUT2D eigenvalue weighted by Crippen LogP contribution is -2.29. The van der Waals surface area contributed by atoms with Crippen molar-refractivity contribution in [1.29, 1.82) is 0 Å². The maximum Gasteiger partial charge on any atom is 0.251 e. The molecule has 4 aromatic rings. The van der Waals surface area contributed by atoms with Crippen LogP contribution in [0.1, 0.15) is 51.4 Å².